The van der Waals surface area contributed by atoms with Crippen molar-refractivity contribution in [1.82, 2.24) is 5.32 Å². The molecule has 1 aliphatic carbocycles. The van der Waals surface area contributed by atoms with Crippen molar-refractivity contribution >= 4 is 0 Å². The normalized spacial score (nSPS) is 29.0. The van der Waals surface area contributed by atoms with Crippen LogP contribution in [-0.2, 0) is 4.74 Å². The minimum Gasteiger partial charge on any atom is -0.395 e. The summed E-state index contributed by atoms with van der Waals surface area (Å²) in [6, 6.07) is 0.101. The zero-order valence-corrected chi connectivity index (χ0v) is 10.0. The summed E-state index contributed by atoms with van der Waals surface area (Å²) in [5.41, 5.74) is 0. The maximum Gasteiger partial charge on any atom is 0.0646 e. The Morgan fingerprint density at radius 2 is 2.13 bits per heavy atom. The topological polar surface area (TPSA) is 41.5 Å². The first-order chi connectivity index (χ1) is 7.27. The van der Waals surface area contributed by atoms with E-state index in [2.05, 4.69) is 12.2 Å². The quantitative estimate of drug-likeness (QED) is 0.706. The summed E-state index contributed by atoms with van der Waals surface area (Å²) in [5.74, 6) is 0.680. The van der Waals surface area contributed by atoms with Gasteiger partial charge in [-0.05, 0) is 25.3 Å². The molecular weight excluding hydrogens is 190 g/mol. The van der Waals surface area contributed by atoms with Gasteiger partial charge < -0.3 is 15.2 Å². The van der Waals surface area contributed by atoms with Crippen LogP contribution in [0.4, 0.5) is 0 Å². The van der Waals surface area contributed by atoms with E-state index in [9.17, 15) is 0 Å². The summed E-state index contributed by atoms with van der Waals surface area (Å²) >= 11 is 0. The third-order valence-corrected chi connectivity index (χ3v) is 3.26. The predicted molar refractivity (Wildman–Crippen MR) is 61.9 cm³/mol. The monoisotopic (exact) mass is 215 g/mol. The first-order valence-corrected chi connectivity index (χ1v) is 6.23. The van der Waals surface area contributed by atoms with Crippen molar-refractivity contribution in [2.24, 2.45) is 5.92 Å². The van der Waals surface area contributed by atoms with Crippen molar-refractivity contribution in [3.63, 3.8) is 0 Å². The molecule has 2 N–H and O–H groups in total. The molecule has 0 aromatic carbocycles. The van der Waals surface area contributed by atoms with Crippen molar-refractivity contribution < 1.29 is 9.84 Å². The predicted octanol–water partition coefficient (Wildman–Crippen LogP) is 1.55. The summed E-state index contributed by atoms with van der Waals surface area (Å²) in [6.45, 7) is 6.00. The van der Waals surface area contributed by atoms with Crippen LogP contribution in [0, 0.1) is 5.92 Å². The molecule has 0 aromatic heterocycles. The van der Waals surface area contributed by atoms with Gasteiger partial charge in [-0.15, -0.1) is 0 Å². The van der Waals surface area contributed by atoms with Crippen LogP contribution < -0.4 is 5.32 Å². The Labute approximate surface area is 93.2 Å². The molecule has 1 saturated carbocycles. The molecule has 0 amide bonds. The van der Waals surface area contributed by atoms with E-state index in [1.165, 1.54) is 25.7 Å². The van der Waals surface area contributed by atoms with Crippen molar-refractivity contribution in [3.05, 3.63) is 0 Å². The van der Waals surface area contributed by atoms with Crippen LogP contribution in [0.5, 0.6) is 0 Å². The number of nitrogens with one attached hydrogen (secondary N) is 1. The number of aliphatic hydroxyl groups is 1. The van der Waals surface area contributed by atoms with Crippen LogP contribution in [0.2, 0.25) is 0 Å². The van der Waals surface area contributed by atoms with E-state index in [-0.39, 0.29) is 12.6 Å². The summed E-state index contributed by atoms with van der Waals surface area (Å²) in [7, 11) is 0. The van der Waals surface area contributed by atoms with E-state index in [0.717, 1.165) is 6.54 Å². The molecule has 3 heteroatoms. The highest BCUT2D eigenvalue weighted by atomic mass is 16.5. The lowest BCUT2D eigenvalue weighted by molar-refractivity contribution is -0.0208. The summed E-state index contributed by atoms with van der Waals surface area (Å²) in [6.07, 6.45) is 5.52. The highest BCUT2D eigenvalue weighted by Crippen LogP contribution is 2.26. The van der Waals surface area contributed by atoms with Crippen LogP contribution in [0.1, 0.15) is 39.5 Å². The Bertz CT molecular complexity index is 164. The van der Waals surface area contributed by atoms with Crippen LogP contribution in [-0.4, -0.2) is 37.0 Å². The van der Waals surface area contributed by atoms with Crippen molar-refractivity contribution in [2.75, 3.05) is 19.8 Å². The third-order valence-electron chi connectivity index (χ3n) is 3.26. The molecule has 3 atom stereocenters. The molecule has 0 bridgehead atoms. The minimum atomic E-state index is 0.101. The molecule has 90 valence electrons. The summed E-state index contributed by atoms with van der Waals surface area (Å²) in [4.78, 5) is 0. The first kappa shape index (κ1) is 12.9. The third kappa shape index (κ3) is 4.49. The second-order valence-electron chi connectivity index (χ2n) is 4.57. The van der Waals surface area contributed by atoms with E-state index >= 15 is 0 Å². The molecule has 1 fully saturated rings. The highest BCUT2D eigenvalue weighted by Gasteiger charge is 2.22. The summed E-state index contributed by atoms with van der Waals surface area (Å²) in [5, 5.41) is 12.3. The van der Waals surface area contributed by atoms with Crippen LogP contribution in [0.25, 0.3) is 0 Å². The number of ether oxygens (including phenoxy) is 1. The fourth-order valence-corrected chi connectivity index (χ4v) is 2.23. The molecule has 3 unspecified atom stereocenters. The number of hydrogen-bond acceptors (Lipinski definition) is 3. The highest BCUT2D eigenvalue weighted by molar-refractivity contribution is 4.74. The fraction of sp³-hybridized carbons (Fsp3) is 1.00. The molecule has 1 aliphatic rings. The number of hydrogen-bond donors (Lipinski definition) is 2. The van der Waals surface area contributed by atoms with Crippen LogP contribution >= 0.6 is 0 Å². The number of rotatable bonds is 6. The van der Waals surface area contributed by atoms with Gasteiger partial charge in [-0.25, -0.2) is 0 Å². The van der Waals surface area contributed by atoms with Crippen molar-refractivity contribution in [2.45, 2.75) is 51.7 Å². The van der Waals surface area contributed by atoms with Crippen LogP contribution in [0.15, 0.2) is 0 Å². The van der Waals surface area contributed by atoms with Gasteiger partial charge >= 0.3 is 0 Å². The Morgan fingerprint density at radius 3 is 2.73 bits per heavy atom. The molecule has 0 heterocycles. The van der Waals surface area contributed by atoms with Gasteiger partial charge in [0, 0.05) is 0 Å². The average Bonchev–Trinajstić information content (AvgIpc) is 2.26. The second-order valence-corrected chi connectivity index (χ2v) is 4.57. The Hall–Kier alpha value is -0.120. The fourth-order valence-electron chi connectivity index (χ4n) is 2.23. The van der Waals surface area contributed by atoms with Gasteiger partial charge in [0.05, 0.1) is 25.4 Å². The molecule has 0 radical (unpaired) electrons. The lowest BCUT2D eigenvalue weighted by atomic mass is 9.88. The van der Waals surface area contributed by atoms with Crippen molar-refractivity contribution in [1.29, 1.82) is 0 Å². The number of aliphatic hydroxyl groups excluding tert-OH is 1. The van der Waals surface area contributed by atoms with Crippen LogP contribution in [0.3, 0.4) is 0 Å². The lowest BCUT2D eigenvalue weighted by Crippen LogP contribution is -2.39. The van der Waals surface area contributed by atoms with E-state index in [0.29, 0.717) is 18.6 Å². The first-order valence-electron chi connectivity index (χ1n) is 6.23. The maximum atomic E-state index is 9.11. The zero-order chi connectivity index (χ0) is 11.1. The Morgan fingerprint density at radius 1 is 1.40 bits per heavy atom. The number of likely N-dealkylation sites (N-methyl/N-ethyl adjacent to an activating group) is 1. The Kier molecular flexibility index (Phi) is 6.22. The van der Waals surface area contributed by atoms with E-state index in [1.54, 1.807) is 0 Å². The molecule has 3 nitrogen and oxygen atoms in total. The molecule has 15 heavy (non-hydrogen) atoms. The molecule has 0 saturated heterocycles. The van der Waals surface area contributed by atoms with Gasteiger partial charge in [0.25, 0.3) is 0 Å². The van der Waals surface area contributed by atoms with Gasteiger partial charge in [-0.3, -0.25) is 0 Å². The minimum absolute atomic E-state index is 0.101. The average molecular weight is 215 g/mol. The molecule has 0 aliphatic heterocycles. The van der Waals surface area contributed by atoms with Gasteiger partial charge in [0.2, 0.25) is 0 Å². The maximum absolute atomic E-state index is 9.11. The summed E-state index contributed by atoms with van der Waals surface area (Å²) < 4.78 is 5.88. The lowest BCUT2D eigenvalue weighted by Gasteiger charge is -2.30. The molecule has 1 rings (SSSR count). The second kappa shape index (κ2) is 7.20. The van der Waals surface area contributed by atoms with Gasteiger partial charge in [-0.1, -0.05) is 26.7 Å². The van der Waals surface area contributed by atoms with Gasteiger partial charge in [0.1, 0.15) is 0 Å². The standard InChI is InChI=1S/C12H25NO2/c1-3-13-11(8-14)9-15-12-7-5-4-6-10(12)2/h10-14H,3-9H2,1-2H3. The molecule has 0 aromatic rings. The largest absolute Gasteiger partial charge is 0.395 e. The van der Waals surface area contributed by atoms with Crippen molar-refractivity contribution in [3.8, 4) is 0 Å². The van der Waals surface area contributed by atoms with Gasteiger partial charge in [0.15, 0.2) is 0 Å². The molecule has 0 spiro atoms. The van der Waals surface area contributed by atoms with Gasteiger partial charge in [-0.2, -0.15) is 0 Å². The SMILES string of the molecule is CCNC(CO)COC1CCCCC1C. The van der Waals surface area contributed by atoms with E-state index < -0.39 is 0 Å². The zero-order valence-electron chi connectivity index (χ0n) is 10.0. The Balaban J connectivity index is 2.21. The smallest absolute Gasteiger partial charge is 0.0646 e. The van der Waals surface area contributed by atoms with E-state index in [1.807, 2.05) is 6.92 Å². The molecular formula is C12H25NO2. The van der Waals surface area contributed by atoms with E-state index in [4.69, 9.17) is 9.84 Å².